The van der Waals surface area contributed by atoms with Crippen LogP contribution in [0.4, 0.5) is 4.39 Å². The minimum atomic E-state index is -0.374. The zero-order chi connectivity index (χ0) is 13.1. The molecular weight excluding hydrogens is 253 g/mol. The topological polar surface area (TPSA) is 46.2 Å². The number of nitrogens with two attached hydrogens (primary N) is 1. The third kappa shape index (κ3) is 3.00. The molecule has 1 atom stereocenters. The molecule has 2 nitrogen and oxygen atoms in total. The zero-order valence-electron chi connectivity index (χ0n) is 9.61. The van der Waals surface area contributed by atoms with E-state index in [1.54, 1.807) is 30.3 Å². The molecule has 1 unspecified atom stereocenters. The molecule has 0 saturated heterocycles. The van der Waals surface area contributed by atoms with Crippen LogP contribution in [0.1, 0.15) is 17.2 Å². The summed E-state index contributed by atoms with van der Waals surface area (Å²) >= 11 is 5.96. The Labute approximate surface area is 110 Å². The molecule has 18 heavy (non-hydrogen) atoms. The number of phenolic OH excluding ortho intramolecular Hbond substituents is 1. The monoisotopic (exact) mass is 265 g/mol. The standard InChI is InChI=1S/C14H13ClFNO/c15-13-8-10(16)3-6-12(13)14(17)7-9-1-4-11(18)5-2-9/h1-6,8,14,18H,7,17H2. The lowest BCUT2D eigenvalue weighted by Crippen LogP contribution is -2.13. The fourth-order valence-electron chi connectivity index (χ4n) is 1.80. The van der Waals surface area contributed by atoms with Crippen molar-refractivity contribution in [3.8, 4) is 5.75 Å². The first-order chi connectivity index (χ1) is 8.56. The van der Waals surface area contributed by atoms with E-state index in [1.165, 1.54) is 12.1 Å². The molecule has 4 heteroatoms. The second-order valence-electron chi connectivity index (χ2n) is 4.14. The Bertz CT molecular complexity index is 542. The van der Waals surface area contributed by atoms with Crippen molar-refractivity contribution in [2.24, 2.45) is 5.73 Å². The Morgan fingerprint density at radius 3 is 2.44 bits per heavy atom. The van der Waals surface area contributed by atoms with Crippen LogP contribution < -0.4 is 5.73 Å². The van der Waals surface area contributed by atoms with Gasteiger partial charge in [-0.1, -0.05) is 29.8 Å². The fraction of sp³-hybridized carbons (Fsp3) is 0.143. The highest BCUT2D eigenvalue weighted by Gasteiger charge is 2.11. The van der Waals surface area contributed by atoms with E-state index in [0.717, 1.165) is 5.56 Å². The molecule has 2 aromatic rings. The van der Waals surface area contributed by atoms with Gasteiger partial charge < -0.3 is 10.8 Å². The second-order valence-corrected chi connectivity index (χ2v) is 4.55. The molecule has 0 aliphatic rings. The van der Waals surface area contributed by atoms with Gasteiger partial charge in [-0.15, -0.1) is 0 Å². The van der Waals surface area contributed by atoms with Crippen LogP contribution in [0.2, 0.25) is 5.02 Å². The maximum atomic E-state index is 12.9. The van der Waals surface area contributed by atoms with Crippen LogP contribution in [0.3, 0.4) is 0 Å². The number of hydrogen-bond acceptors (Lipinski definition) is 2. The Hall–Kier alpha value is -1.58. The van der Waals surface area contributed by atoms with Gasteiger partial charge >= 0.3 is 0 Å². The molecule has 3 N–H and O–H groups in total. The Morgan fingerprint density at radius 1 is 1.17 bits per heavy atom. The third-order valence-electron chi connectivity index (χ3n) is 2.75. The molecule has 0 bridgehead atoms. The molecule has 0 aliphatic heterocycles. The van der Waals surface area contributed by atoms with E-state index in [4.69, 9.17) is 17.3 Å². The Kier molecular flexibility index (Phi) is 3.84. The van der Waals surface area contributed by atoms with Crippen LogP contribution >= 0.6 is 11.6 Å². The van der Waals surface area contributed by atoms with Crippen LogP contribution in [0.5, 0.6) is 5.75 Å². The zero-order valence-corrected chi connectivity index (χ0v) is 10.4. The first kappa shape index (κ1) is 12.9. The van der Waals surface area contributed by atoms with Crippen molar-refractivity contribution in [1.29, 1.82) is 0 Å². The van der Waals surface area contributed by atoms with Gasteiger partial charge in [0.1, 0.15) is 11.6 Å². The van der Waals surface area contributed by atoms with E-state index in [9.17, 15) is 9.50 Å². The minimum Gasteiger partial charge on any atom is -0.508 e. The molecule has 0 radical (unpaired) electrons. The number of hydrogen-bond donors (Lipinski definition) is 2. The average Bonchev–Trinajstić information content (AvgIpc) is 2.32. The molecule has 0 spiro atoms. The SMILES string of the molecule is NC(Cc1ccc(O)cc1)c1ccc(F)cc1Cl. The summed E-state index contributed by atoms with van der Waals surface area (Å²) in [6, 6.07) is 10.7. The van der Waals surface area contributed by atoms with E-state index in [1.807, 2.05) is 0 Å². The predicted octanol–water partition coefficient (Wildman–Crippen LogP) is 3.43. The van der Waals surface area contributed by atoms with Crippen molar-refractivity contribution in [3.05, 3.63) is 64.4 Å². The third-order valence-corrected chi connectivity index (χ3v) is 3.08. The quantitative estimate of drug-likeness (QED) is 0.893. The highest BCUT2D eigenvalue weighted by molar-refractivity contribution is 6.31. The van der Waals surface area contributed by atoms with Crippen molar-refractivity contribution in [1.82, 2.24) is 0 Å². The first-order valence-corrected chi connectivity index (χ1v) is 5.92. The van der Waals surface area contributed by atoms with Crippen molar-refractivity contribution in [2.75, 3.05) is 0 Å². The summed E-state index contributed by atoms with van der Waals surface area (Å²) in [5.41, 5.74) is 7.75. The smallest absolute Gasteiger partial charge is 0.124 e. The van der Waals surface area contributed by atoms with Gasteiger partial charge in [-0.25, -0.2) is 4.39 Å². The summed E-state index contributed by atoms with van der Waals surface area (Å²) in [7, 11) is 0. The summed E-state index contributed by atoms with van der Waals surface area (Å²) in [5.74, 6) is -0.160. The highest BCUT2D eigenvalue weighted by atomic mass is 35.5. The predicted molar refractivity (Wildman–Crippen MR) is 70.1 cm³/mol. The summed E-state index contributed by atoms with van der Waals surface area (Å²) in [4.78, 5) is 0. The van der Waals surface area contributed by atoms with Crippen LogP contribution in [0.25, 0.3) is 0 Å². The lowest BCUT2D eigenvalue weighted by Gasteiger charge is -2.14. The largest absolute Gasteiger partial charge is 0.508 e. The summed E-state index contributed by atoms with van der Waals surface area (Å²) in [6.45, 7) is 0. The number of phenols is 1. The Balaban J connectivity index is 2.16. The molecule has 0 heterocycles. The van der Waals surface area contributed by atoms with Gasteiger partial charge in [0.15, 0.2) is 0 Å². The van der Waals surface area contributed by atoms with E-state index >= 15 is 0 Å². The lowest BCUT2D eigenvalue weighted by molar-refractivity contribution is 0.475. The maximum absolute atomic E-state index is 12.9. The molecule has 0 saturated carbocycles. The summed E-state index contributed by atoms with van der Waals surface area (Å²) in [5, 5.41) is 9.52. The van der Waals surface area contributed by atoms with Gasteiger partial charge in [0, 0.05) is 11.1 Å². The van der Waals surface area contributed by atoms with Gasteiger partial charge in [-0.05, 0) is 41.8 Å². The Morgan fingerprint density at radius 2 is 1.83 bits per heavy atom. The van der Waals surface area contributed by atoms with Crippen LogP contribution in [0, 0.1) is 5.82 Å². The molecular formula is C14H13ClFNO. The number of rotatable bonds is 3. The fourth-order valence-corrected chi connectivity index (χ4v) is 2.11. The normalized spacial score (nSPS) is 12.4. The summed E-state index contributed by atoms with van der Waals surface area (Å²) < 4.78 is 12.9. The molecule has 0 aliphatic carbocycles. The maximum Gasteiger partial charge on any atom is 0.124 e. The van der Waals surface area contributed by atoms with E-state index in [2.05, 4.69) is 0 Å². The van der Waals surface area contributed by atoms with Gasteiger partial charge in [0.2, 0.25) is 0 Å². The summed E-state index contributed by atoms with van der Waals surface area (Å²) in [6.07, 6.45) is 0.575. The van der Waals surface area contributed by atoms with E-state index in [-0.39, 0.29) is 17.6 Å². The average molecular weight is 266 g/mol. The van der Waals surface area contributed by atoms with Crippen molar-refractivity contribution in [3.63, 3.8) is 0 Å². The number of halogens is 2. The molecule has 2 aromatic carbocycles. The van der Waals surface area contributed by atoms with Gasteiger partial charge in [0.25, 0.3) is 0 Å². The van der Waals surface area contributed by atoms with Crippen molar-refractivity contribution >= 4 is 11.6 Å². The first-order valence-electron chi connectivity index (χ1n) is 5.54. The molecule has 0 amide bonds. The van der Waals surface area contributed by atoms with Crippen molar-refractivity contribution < 1.29 is 9.50 Å². The van der Waals surface area contributed by atoms with E-state index < -0.39 is 0 Å². The molecule has 94 valence electrons. The van der Waals surface area contributed by atoms with Crippen molar-refractivity contribution in [2.45, 2.75) is 12.5 Å². The van der Waals surface area contributed by atoms with Gasteiger partial charge in [-0.3, -0.25) is 0 Å². The van der Waals surface area contributed by atoms with E-state index in [0.29, 0.717) is 17.0 Å². The minimum absolute atomic E-state index is 0.215. The van der Waals surface area contributed by atoms with Crippen LogP contribution in [-0.4, -0.2) is 5.11 Å². The molecule has 0 aromatic heterocycles. The second kappa shape index (κ2) is 5.38. The lowest BCUT2D eigenvalue weighted by atomic mass is 9.99. The molecule has 2 rings (SSSR count). The van der Waals surface area contributed by atoms with Crippen LogP contribution in [0.15, 0.2) is 42.5 Å². The van der Waals surface area contributed by atoms with Crippen LogP contribution in [-0.2, 0) is 6.42 Å². The van der Waals surface area contributed by atoms with Gasteiger partial charge in [-0.2, -0.15) is 0 Å². The van der Waals surface area contributed by atoms with Gasteiger partial charge in [0.05, 0.1) is 0 Å². The number of aromatic hydroxyl groups is 1. The highest BCUT2D eigenvalue weighted by Crippen LogP contribution is 2.25. The molecule has 0 fully saturated rings. The number of benzene rings is 2.